The molecule has 1 saturated carbocycles. The molecule has 0 saturated heterocycles. The predicted octanol–water partition coefficient (Wildman–Crippen LogP) is 4.19. The van der Waals surface area contributed by atoms with Crippen molar-refractivity contribution in [2.45, 2.75) is 45.6 Å². The third kappa shape index (κ3) is 3.11. The minimum atomic E-state index is 0.711. The van der Waals surface area contributed by atoms with Crippen LogP contribution in [0.1, 0.15) is 38.7 Å². The standard InChI is InChI=1S/C19H26N2/c1-3-11-20-18-9-8-15(14(18)2)13-16-10-12-21-19-7-5-4-6-17(16)19/h4-7,10,12,14-15,18,20H,3,8-9,11,13H2,1-2H3. The molecule has 2 aromatic rings. The van der Waals surface area contributed by atoms with Gasteiger partial charge in [-0.25, -0.2) is 0 Å². The van der Waals surface area contributed by atoms with Gasteiger partial charge >= 0.3 is 0 Å². The molecule has 2 nitrogen and oxygen atoms in total. The Morgan fingerprint density at radius 1 is 1.19 bits per heavy atom. The fourth-order valence-corrected chi connectivity index (χ4v) is 3.77. The summed E-state index contributed by atoms with van der Waals surface area (Å²) in [6.07, 6.45) is 7.05. The molecule has 1 aliphatic carbocycles. The molecule has 0 amide bonds. The van der Waals surface area contributed by atoms with Crippen molar-refractivity contribution in [3.05, 3.63) is 42.1 Å². The lowest BCUT2D eigenvalue weighted by atomic mass is 9.88. The van der Waals surface area contributed by atoms with E-state index in [0.29, 0.717) is 6.04 Å². The number of nitrogens with zero attached hydrogens (tertiary/aromatic N) is 1. The van der Waals surface area contributed by atoms with Crippen molar-refractivity contribution >= 4 is 10.9 Å². The third-order valence-corrected chi connectivity index (χ3v) is 5.10. The van der Waals surface area contributed by atoms with Gasteiger partial charge in [0.25, 0.3) is 0 Å². The van der Waals surface area contributed by atoms with Gasteiger partial charge in [0, 0.05) is 17.6 Å². The highest BCUT2D eigenvalue weighted by Crippen LogP contribution is 2.35. The minimum Gasteiger partial charge on any atom is -0.314 e. The summed E-state index contributed by atoms with van der Waals surface area (Å²) in [7, 11) is 0. The van der Waals surface area contributed by atoms with Crippen LogP contribution in [0.4, 0.5) is 0 Å². The van der Waals surface area contributed by atoms with E-state index in [9.17, 15) is 0 Å². The Hall–Kier alpha value is -1.41. The highest BCUT2D eigenvalue weighted by atomic mass is 14.9. The van der Waals surface area contributed by atoms with E-state index in [0.717, 1.165) is 23.9 Å². The molecule has 1 aromatic carbocycles. The van der Waals surface area contributed by atoms with Crippen LogP contribution in [-0.2, 0) is 6.42 Å². The maximum atomic E-state index is 4.48. The van der Waals surface area contributed by atoms with Gasteiger partial charge in [-0.05, 0) is 61.8 Å². The Labute approximate surface area is 128 Å². The first-order valence-electron chi connectivity index (χ1n) is 8.35. The second-order valence-electron chi connectivity index (χ2n) is 6.45. The number of pyridine rings is 1. The van der Waals surface area contributed by atoms with Crippen LogP contribution in [0.2, 0.25) is 0 Å². The molecule has 112 valence electrons. The smallest absolute Gasteiger partial charge is 0.0704 e. The topological polar surface area (TPSA) is 24.9 Å². The number of fused-ring (bicyclic) bond motifs is 1. The van der Waals surface area contributed by atoms with Crippen LogP contribution in [0.15, 0.2) is 36.5 Å². The molecule has 2 heteroatoms. The lowest BCUT2D eigenvalue weighted by Crippen LogP contribution is -2.33. The summed E-state index contributed by atoms with van der Waals surface area (Å²) in [4.78, 5) is 4.48. The Balaban J connectivity index is 1.74. The summed E-state index contributed by atoms with van der Waals surface area (Å²) >= 11 is 0. The Bertz CT molecular complexity index is 588. The predicted molar refractivity (Wildman–Crippen MR) is 89.4 cm³/mol. The van der Waals surface area contributed by atoms with Crippen molar-refractivity contribution in [1.29, 1.82) is 0 Å². The van der Waals surface area contributed by atoms with Gasteiger partial charge in [0.05, 0.1) is 5.52 Å². The molecule has 0 spiro atoms. The van der Waals surface area contributed by atoms with E-state index >= 15 is 0 Å². The average molecular weight is 282 g/mol. The first-order chi connectivity index (χ1) is 10.3. The summed E-state index contributed by atoms with van der Waals surface area (Å²) in [5.74, 6) is 1.56. The molecule has 0 bridgehead atoms. The van der Waals surface area contributed by atoms with Crippen molar-refractivity contribution in [3.63, 3.8) is 0 Å². The van der Waals surface area contributed by atoms with Gasteiger partial charge in [0.1, 0.15) is 0 Å². The monoisotopic (exact) mass is 282 g/mol. The lowest BCUT2D eigenvalue weighted by Gasteiger charge is -2.22. The van der Waals surface area contributed by atoms with E-state index in [4.69, 9.17) is 0 Å². The largest absolute Gasteiger partial charge is 0.314 e. The summed E-state index contributed by atoms with van der Waals surface area (Å²) in [5.41, 5.74) is 2.59. The molecule has 1 fully saturated rings. The summed E-state index contributed by atoms with van der Waals surface area (Å²) in [6.45, 7) is 5.82. The fourth-order valence-electron chi connectivity index (χ4n) is 3.77. The Morgan fingerprint density at radius 3 is 2.90 bits per heavy atom. The maximum absolute atomic E-state index is 4.48. The molecule has 3 atom stereocenters. The molecule has 0 radical (unpaired) electrons. The maximum Gasteiger partial charge on any atom is 0.0704 e. The van der Waals surface area contributed by atoms with Crippen LogP contribution in [0.3, 0.4) is 0 Å². The van der Waals surface area contributed by atoms with Gasteiger partial charge < -0.3 is 5.32 Å². The van der Waals surface area contributed by atoms with Gasteiger partial charge in [-0.1, -0.05) is 32.0 Å². The molecule has 21 heavy (non-hydrogen) atoms. The van der Waals surface area contributed by atoms with Crippen molar-refractivity contribution < 1.29 is 0 Å². The van der Waals surface area contributed by atoms with Crippen molar-refractivity contribution in [2.24, 2.45) is 11.8 Å². The van der Waals surface area contributed by atoms with E-state index < -0.39 is 0 Å². The van der Waals surface area contributed by atoms with Gasteiger partial charge in [-0.2, -0.15) is 0 Å². The summed E-state index contributed by atoms with van der Waals surface area (Å²) in [6, 6.07) is 11.4. The SMILES string of the molecule is CCCNC1CCC(Cc2ccnc3ccccc23)C1C. The molecule has 0 aliphatic heterocycles. The summed E-state index contributed by atoms with van der Waals surface area (Å²) in [5, 5.41) is 5.05. The average Bonchev–Trinajstić information content (AvgIpc) is 2.86. The van der Waals surface area contributed by atoms with E-state index in [1.807, 2.05) is 6.20 Å². The second-order valence-corrected chi connectivity index (χ2v) is 6.45. The van der Waals surface area contributed by atoms with Gasteiger partial charge in [0.15, 0.2) is 0 Å². The van der Waals surface area contributed by atoms with Gasteiger partial charge in [-0.15, -0.1) is 0 Å². The van der Waals surface area contributed by atoms with Gasteiger partial charge in [-0.3, -0.25) is 4.98 Å². The third-order valence-electron chi connectivity index (χ3n) is 5.10. The van der Waals surface area contributed by atoms with Crippen molar-refractivity contribution in [2.75, 3.05) is 6.54 Å². The van der Waals surface area contributed by atoms with Crippen LogP contribution < -0.4 is 5.32 Å². The Kier molecular flexibility index (Phi) is 4.54. The number of benzene rings is 1. The zero-order chi connectivity index (χ0) is 14.7. The van der Waals surface area contributed by atoms with E-state index in [-0.39, 0.29) is 0 Å². The van der Waals surface area contributed by atoms with Crippen LogP contribution in [0, 0.1) is 11.8 Å². The molecule has 3 rings (SSSR count). The Morgan fingerprint density at radius 2 is 2.05 bits per heavy atom. The van der Waals surface area contributed by atoms with Crippen LogP contribution in [0.5, 0.6) is 0 Å². The second kappa shape index (κ2) is 6.57. The van der Waals surface area contributed by atoms with E-state index in [2.05, 4.69) is 54.5 Å². The molecular formula is C19H26N2. The first kappa shape index (κ1) is 14.5. The van der Waals surface area contributed by atoms with Crippen LogP contribution >= 0.6 is 0 Å². The number of hydrogen-bond donors (Lipinski definition) is 1. The summed E-state index contributed by atoms with van der Waals surface area (Å²) < 4.78 is 0. The number of aromatic nitrogens is 1. The van der Waals surface area contributed by atoms with Crippen molar-refractivity contribution in [1.82, 2.24) is 10.3 Å². The number of rotatable bonds is 5. The lowest BCUT2D eigenvalue weighted by molar-refractivity contribution is 0.352. The van der Waals surface area contributed by atoms with Crippen LogP contribution in [-0.4, -0.2) is 17.6 Å². The number of hydrogen-bond acceptors (Lipinski definition) is 2. The van der Waals surface area contributed by atoms with Crippen LogP contribution in [0.25, 0.3) is 10.9 Å². The number of nitrogens with one attached hydrogen (secondary N) is 1. The molecule has 1 aliphatic rings. The first-order valence-corrected chi connectivity index (χ1v) is 8.35. The number of para-hydroxylation sites is 1. The normalized spacial score (nSPS) is 25.5. The highest BCUT2D eigenvalue weighted by Gasteiger charge is 2.32. The molecular weight excluding hydrogens is 256 g/mol. The highest BCUT2D eigenvalue weighted by molar-refractivity contribution is 5.81. The molecule has 1 heterocycles. The molecule has 1 aromatic heterocycles. The molecule has 1 N–H and O–H groups in total. The van der Waals surface area contributed by atoms with Gasteiger partial charge in [0.2, 0.25) is 0 Å². The quantitative estimate of drug-likeness (QED) is 0.889. The minimum absolute atomic E-state index is 0.711. The van der Waals surface area contributed by atoms with Crippen molar-refractivity contribution in [3.8, 4) is 0 Å². The van der Waals surface area contributed by atoms with E-state index in [1.54, 1.807) is 0 Å². The molecule has 3 unspecified atom stereocenters. The van der Waals surface area contributed by atoms with E-state index in [1.165, 1.54) is 36.6 Å². The zero-order valence-corrected chi connectivity index (χ0v) is 13.2. The zero-order valence-electron chi connectivity index (χ0n) is 13.2. The fraction of sp³-hybridized carbons (Fsp3) is 0.526.